The van der Waals surface area contributed by atoms with Crippen LogP contribution in [0.5, 0.6) is 5.75 Å². The molecule has 31 heavy (non-hydrogen) atoms. The molecular formula is C23H29FN4O3. The maximum atomic E-state index is 13.0. The molecule has 1 saturated heterocycles. The Morgan fingerprint density at radius 3 is 2.23 bits per heavy atom. The van der Waals surface area contributed by atoms with Crippen LogP contribution >= 0.6 is 0 Å². The van der Waals surface area contributed by atoms with Crippen LogP contribution in [0.2, 0.25) is 0 Å². The fourth-order valence-corrected chi connectivity index (χ4v) is 3.42. The van der Waals surface area contributed by atoms with Gasteiger partial charge in [0, 0.05) is 51.5 Å². The van der Waals surface area contributed by atoms with Crippen molar-refractivity contribution in [3.63, 3.8) is 0 Å². The molecule has 166 valence electrons. The Morgan fingerprint density at radius 2 is 1.58 bits per heavy atom. The van der Waals surface area contributed by atoms with Crippen molar-refractivity contribution < 1.29 is 18.7 Å². The molecule has 0 aliphatic carbocycles. The van der Waals surface area contributed by atoms with Gasteiger partial charge in [0.05, 0.1) is 6.61 Å². The van der Waals surface area contributed by atoms with Gasteiger partial charge in [0.25, 0.3) is 0 Å². The number of anilines is 1. The lowest BCUT2D eigenvalue weighted by Gasteiger charge is -2.34. The molecule has 2 aromatic carbocycles. The maximum absolute atomic E-state index is 13.0. The van der Waals surface area contributed by atoms with Gasteiger partial charge in [0.15, 0.2) is 0 Å². The third kappa shape index (κ3) is 7.34. The molecule has 2 amide bonds. The first-order valence-corrected chi connectivity index (χ1v) is 10.5. The largest absolute Gasteiger partial charge is 0.494 e. The molecule has 8 heteroatoms. The van der Waals surface area contributed by atoms with Gasteiger partial charge in [-0.3, -0.25) is 19.4 Å². The molecule has 7 nitrogen and oxygen atoms in total. The first-order chi connectivity index (χ1) is 15.0. The van der Waals surface area contributed by atoms with Gasteiger partial charge in [-0.2, -0.15) is 0 Å². The number of rotatable bonds is 8. The van der Waals surface area contributed by atoms with Crippen LogP contribution in [-0.2, 0) is 16.1 Å². The van der Waals surface area contributed by atoms with E-state index in [0.717, 1.165) is 38.3 Å². The molecule has 1 fully saturated rings. The van der Waals surface area contributed by atoms with Crippen molar-refractivity contribution in [2.75, 3.05) is 51.2 Å². The van der Waals surface area contributed by atoms with E-state index in [-0.39, 0.29) is 5.82 Å². The topological polar surface area (TPSA) is 73.9 Å². The predicted molar refractivity (Wildman–Crippen MR) is 117 cm³/mol. The first-order valence-electron chi connectivity index (χ1n) is 10.5. The highest BCUT2D eigenvalue weighted by Gasteiger charge is 2.18. The minimum absolute atomic E-state index is 0.219. The number of hydrogen-bond acceptors (Lipinski definition) is 5. The molecule has 0 radical (unpaired) electrons. The lowest BCUT2D eigenvalue weighted by atomic mass is 10.2. The van der Waals surface area contributed by atoms with Crippen LogP contribution in [0.15, 0.2) is 48.5 Å². The highest BCUT2D eigenvalue weighted by Crippen LogP contribution is 2.15. The zero-order valence-corrected chi connectivity index (χ0v) is 17.8. The molecule has 1 heterocycles. The molecule has 1 aliphatic heterocycles. The summed E-state index contributed by atoms with van der Waals surface area (Å²) in [5.74, 6) is -0.844. The average Bonchev–Trinajstić information content (AvgIpc) is 2.78. The second-order valence-corrected chi connectivity index (χ2v) is 7.41. The number of amides is 2. The fraction of sp³-hybridized carbons (Fsp3) is 0.391. The Morgan fingerprint density at radius 1 is 0.935 bits per heavy atom. The summed E-state index contributed by atoms with van der Waals surface area (Å²) in [4.78, 5) is 28.7. The standard InChI is InChI=1S/C23H29FN4O3/c1-2-31-21-9-7-20(8-10-21)26-23(30)22(29)25-11-12-27-13-15-28(16-14-27)17-18-3-5-19(24)6-4-18/h3-10H,2,11-17H2,1H3,(H,25,29)(H,26,30). The summed E-state index contributed by atoms with van der Waals surface area (Å²) in [6.45, 7) is 7.94. The maximum Gasteiger partial charge on any atom is 0.313 e. The molecule has 0 spiro atoms. The monoisotopic (exact) mass is 428 g/mol. The summed E-state index contributed by atoms with van der Waals surface area (Å²) >= 11 is 0. The minimum Gasteiger partial charge on any atom is -0.494 e. The van der Waals surface area contributed by atoms with E-state index in [2.05, 4.69) is 20.4 Å². The number of nitrogens with zero attached hydrogens (tertiary/aromatic N) is 2. The summed E-state index contributed by atoms with van der Waals surface area (Å²) < 4.78 is 18.4. The highest BCUT2D eigenvalue weighted by molar-refractivity contribution is 6.39. The van der Waals surface area contributed by atoms with Crippen LogP contribution < -0.4 is 15.4 Å². The van der Waals surface area contributed by atoms with Gasteiger partial charge in [-0.1, -0.05) is 12.1 Å². The van der Waals surface area contributed by atoms with Crippen molar-refractivity contribution in [2.45, 2.75) is 13.5 Å². The molecule has 0 unspecified atom stereocenters. The number of halogens is 1. The van der Waals surface area contributed by atoms with Gasteiger partial charge >= 0.3 is 11.8 Å². The smallest absolute Gasteiger partial charge is 0.313 e. The summed E-state index contributed by atoms with van der Waals surface area (Å²) in [6.07, 6.45) is 0. The van der Waals surface area contributed by atoms with E-state index in [9.17, 15) is 14.0 Å². The molecule has 0 bridgehead atoms. The van der Waals surface area contributed by atoms with Gasteiger partial charge in [-0.15, -0.1) is 0 Å². The number of nitrogens with one attached hydrogen (secondary N) is 2. The van der Waals surface area contributed by atoms with E-state index < -0.39 is 11.8 Å². The Bertz CT molecular complexity index is 850. The summed E-state index contributed by atoms with van der Waals surface area (Å²) in [5.41, 5.74) is 1.64. The molecular weight excluding hydrogens is 399 g/mol. The van der Waals surface area contributed by atoms with E-state index in [1.165, 1.54) is 12.1 Å². The lowest BCUT2D eigenvalue weighted by molar-refractivity contribution is -0.136. The number of benzene rings is 2. The Labute approximate surface area is 182 Å². The van der Waals surface area contributed by atoms with Crippen molar-refractivity contribution >= 4 is 17.5 Å². The van der Waals surface area contributed by atoms with Crippen molar-refractivity contribution in [2.24, 2.45) is 0 Å². The Balaban J connectivity index is 1.32. The molecule has 3 rings (SSSR count). The van der Waals surface area contributed by atoms with Gasteiger partial charge in [-0.25, -0.2) is 4.39 Å². The van der Waals surface area contributed by atoms with Crippen LogP contribution in [-0.4, -0.2) is 67.5 Å². The molecule has 0 aromatic heterocycles. The summed E-state index contributed by atoms with van der Waals surface area (Å²) in [7, 11) is 0. The fourth-order valence-electron chi connectivity index (χ4n) is 3.42. The second-order valence-electron chi connectivity index (χ2n) is 7.41. The minimum atomic E-state index is -0.687. The van der Waals surface area contributed by atoms with Crippen molar-refractivity contribution in [1.29, 1.82) is 0 Å². The molecule has 1 aliphatic rings. The second kappa shape index (κ2) is 11.4. The number of carbonyl (C=O) groups excluding carboxylic acids is 2. The summed E-state index contributed by atoms with van der Waals surface area (Å²) in [5, 5.41) is 5.25. The normalized spacial score (nSPS) is 14.8. The van der Waals surface area contributed by atoms with E-state index >= 15 is 0 Å². The Hall–Kier alpha value is -2.97. The van der Waals surface area contributed by atoms with Gasteiger partial charge in [0.2, 0.25) is 0 Å². The third-order valence-corrected chi connectivity index (χ3v) is 5.13. The molecule has 2 aromatic rings. The molecule has 0 saturated carbocycles. The number of ether oxygens (including phenoxy) is 1. The average molecular weight is 429 g/mol. The quantitative estimate of drug-likeness (QED) is 0.630. The third-order valence-electron chi connectivity index (χ3n) is 5.13. The van der Waals surface area contributed by atoms with Gasteiger partial charge in [0.1, 0.15) is 11.6 Å². The number of hydrogen-bond donors (Lipinski definition) is 2. The van der Waals surface area contributed by atoms with Crippen molar-refractivity contribution in [1.82, 2.24) is 15.1 Å². The van der Waals surface area contributed by atoms with E-state index in [1.807, 2.05) is 19.1 Å². The van der Waals surface area contributed by atoms with Crippen molar-refractivity contribution in [3.8, 4) is 5.75 Å². The van der Waals surface area contributed by atoms with Gasteiger partial charge in [-0.05, 0) is 48.9 Å². The van der Waals surface area contributed by atoms with Crippen LogP contribution in [0.25, 0.3) is 0 Å². The van der Waals surface area contributed by atoms with E-state index in [4.69, 9.17) is 4.74 Å². The Kier molecular flexibility index (Phi) is 8.37. The first kappa shape index (κ1) is 22.7. The van der Waals surface area contributed by atoms with Crippen LogP contribution in [0, 0.1) is 5.82 Å². The lowest BCUT2D eigenvalue weighted by Crippen LogP contribution is -2.48. The van der Waals surface area contributed by atoms with Crippen LogP contribution in [0.3, 0.4) is 0 Å². The van der Waals surface area contributed by atoms with Crippen molar-refractivity contribution in [3.05, 3.63) is 59.9 Å². The number of carbonyl (C=O) groups is 2. The zero-order valence-electron chi connectivity index (χ0n) is 17.8. The number of piperazine rings is 1. The van der Waals surface area contributed by atoms with E-state index in [1.54, 1.807) is 24.3 Å². The highest BCUT2D eigenvalue weighted by atomic mass is 19.1. The molecule has 0 atom stereocenters. The predicted octanol–water partition coefficient (Wildman–Crippen LogP) is 2.10. The van der Waals surface area contributed by atoms with E-state index in [0.29, 0.717) is 31.1 Å². The van der Waals surface area contributed by atoms with Gasteiger partial charge < -0.3 is 15.4 Å². The van der Waals surface area contributed by atoms with Crippen LogP contribution in [0.4, 0.5) is 10.1 Å². The summed E-state index contributed by atoms with van der Waals surface area (Å²) in [6, 6.07) is 13.5. The SMILES string of the molecule is CCOc1ccc(NC(=O)C(=O)NCCN2CCN(Cc3ccc(F)cc3)CC2)cc1. The molecule has 2 N–H and O–H groups in total. The van der Waals surface area contributed by atoms with Crippen LogP contribution in [0.1, 0.15) is 12.5 Å². The zero-order chi connectivity index (χ0) is 22.1.